The van der Waals surface area contributed by atoms with Crippen molar-refractivity contribution in [3.05, 3.63) is 0 Å². The molecule has 0 fully saturated rings. The van der Waals surface area contributed by atoms with Crippen LogP contribution in [0.15, 0.2) is 0 Å². The predicted molar refractivity (Wildman–Crippen MR) is 63.5 cm³/mol. The van der Waals surface area contributed by atoms with Gasteiger partial charge in [0.1, 0.15) is 8.07 Å². The first-order valence-corrected chi connectivity index (χ1v) is 8.64. The molecule has 0 bridgehead atoms. The Hall–Kier alpha value is -1.28. The van der Waals surface area contributed by atoms with Gasteiger partial charge >= 0.3 is 11.9 Å². The van der Waals surface area contributed by atoms with Gasteiger partial charge in [0, 0.05) is 0 Å². The van der Waals surface area contributed by atoms with E-state index in [2.05, 4.69) is 31.1 Å². The molecule has 90 valence electrons. The molecule has 4 nitrogen and oxygen atoms in total. The molecule has 1 N–H and O–H groups in total. The van der Waals surface area contributed by atoms with Crippen LogP contribution in [0, 0.1) is 11.5 Å². The number of hydrogen-bond donors (Lipinski definition) is 1. The van der Waals surface area contributed by atoms with Crippen LogP contribution in [0.1, 0.15) is 19.8 Å². The third kappa shape index (κ3) is 9.28. The summed E-state index contributed by atoms with van der Waals surface area (Å²) in [4.78, 5) is 21.4. The van der Waals surface area contributed by atoms with Gasteiger partial charge in [-0.2, -0.15) is 0 Å². The van der Waals surface area contributed by atoms with Crippen LogP contribution in [0.25, 0.3) is 0 Å². The molecule has 0 aliphatic carbocycles. The number of rotatable bonds is 4. The van der Waals surface area contributed by atoms with Gasteiger partial charge in [-0.25, -0.2) is 0 Å². The molecule has 0 aromatic rings. The van der Waals surface area contributed by atoms with E-state index in [1.54, 1.807) is 6.92 Å². The van der Waals surface area contributed by atoms with E-state index in [9.17, 15) is 9.59 Å². The molecule has 0 aliphatic rings. The summed E-state index contributed by atoms with van der Waals surface area (Å²) in [5.74, 6) is 1.35. The van der Waals surface area contributed by atoms with E-state index >= 15 is 0 Å². The second kappa shape index (κ2) is 6.33. The fraction of sp³-hybridized carbons (Fsp3) is 0.636. The van der Waals surface area contributed by atoms with E-state index in [0.717, 1.165) is 0 Å². The van der Waals surface area contributed by atoms with Gasteiger partial charge in [-0.05, 0) is 6.92 Å². The number of carboxylic acids is 1. The largest absolute Gasteiger partial charge is 0.481 e. The number of ether oxygens (including phenoxy) is 1. The highest BCUT2D eigenvalue weighted by molar-refractivity contribution is 6.83. The van der Waals surface area contributed by atoms with Crippen molar-refractivity contribution in [1.82, 2.24) is 0 Å². The van der Waals surface area contributed by atoms with Crippen molar-refractivity contribution >= 4 is 20.0 Å². The number of esters is 1. The Morgan fingerprint density at radius 1 is 1.31 bits per heavy atom. The molecule has 0 amide bonds. The molecule has 0 saturated carbocycles. The van der Waals surface area contributed by atoms with Crippen LogP contribution < -0.4 is 0 Å². The van der Waals surface area contributed by atoms with Gasteiger partial charge in [-0.15, -0.1) is 5.54 Å². The molecule has 1 atom stereocenters. The summed E-state index contributed by atoms with van der Waals surface area (Å²) in [6, 6.07) is 0. The molecule has 0 rings (SSSR count). The van der Waals surface area contributed by atoms with Crippen LogP contribution in [-0.4, -0.2) is 31.2 Å². The quantitative estimate of drug-likeness (QED) is 0.462. The predicted octanol–water partition coefficient (Wildman–Crippen LogP) is 1.66. The minimum absolute atomic E-state index is 0.103. The topological polar surface area (TPSA) is 63.6 Å². The van der Waals surface area contributed by atoms with Crippen LogP contribution in [0.2, 0.25) is 19.6 Å². The van der Waals surface area contributed by atoms with E-state index in [0.29, 0.717) is 0 Å². The highest BCUT2D eigenvalue weighted by Gasteiger charge is 2.11. The van der Waals surface area contributed by atoms with Crippen LogP contribution in [0.3, 0.4) is 0 Å². The molecule has 5 heteroatoms. The lowest BCUT2D eigenvalue weighted by Crippen LogP contribution is -2.19. The Balaban J connectivity index is 4.04. The molecule has 0 spiro atoms. The van der Waals surface area contributed by atoms with E-state index in [1.807, 2.05) is 0 Å². The van der Waals surface area contributed by atoms with Gasteiger partial charge in [0.05, 0.1) is 12.8 Å². The Labute approximate surface area is 97.0 Å². The lowest BCUT2D eigenvalue weighted by Gasteiger charge is -2.08. The van der Waals surface area contributed by atoms with Crippen LogP contribution >= 0.6 is 0 Å². The summed E-state index contributed by atoms with van der Waals surface area (Å²) < 4.78 is 4.94. The zero-order valence-electron chi connectivity index (χ0n) is 10.2. The highest BCUT2D eigenvalue weighted by atomic mass is 28.3. The van der Waals surface area contributed by atoms with Gasteiger partial charge in [-0.3, -0.25) is 9.59 Å². The van der Waals surface area contributed by atoms with Crippen molar-refractivity contribution in [3.63, 3.8) is 0 Å². The molecule has 0 aliphatic heterocycles. The molecule has 0 heterocycles. The van der Waals surface area contributed by atoms with Gasteiger partial charge in [0.15, 0.2) is 6.10 Å². The van der Waals surface area contributed by atoms with Crippen molar-refractivity contribution in [3.8, 4) is 11.5 Å². The van der Waals surface area contributed by atoms with Crippen molar-refractivity contribution in [2.24, 2.45) is 0 Å². The summed E-state index contributed by atoms with van der Waals surface area (Å²) in [6.45, 7) is 7.97. The maximum absolute atomic E-state index is 11.1. The highest BCUT2D eigenvalue weighted by Crippen LogP contribution is 2.00. The summed E-state index contributed by atoms with van der Waals surface area (Å²) >= 11 is 0. The van der Waals surface area contributed by atoms with Gasteiger partial charge in [0.25, 0.3) is 0 Å². The fourth-order valence-corrected chi connectivity index (χ4v) is 1.45. The lowest BCUT2D eigenvalue weighted by molar-refractivity contribution is -0.149. The summed E-state index contributed by atoms with van der Waals surface area (Å²) in [5.41, 5.74) is 3.09. The van der Waals surface area contributed by atoms with Gasteiger partial charge < -0.3 is 9.84 Å². The number of aliphatic carboxylic acids is 1. The zero-order chi connectivity index (χ0) is 12.8. The van der Waals surface area contributed by atoms with Crippen LogP contribution in [0.5, 0.6) is 0 Å². The minimum atomic E-state index is -1.45. The number of hydrogen-bond acceptors (Lipinski definition) is 3. The number of carboxylic acid groups (broad SMARTS) is 1. The average molecular weight is 242 g/mol. The molecule has 16 heavy (non-hydrogen) atoms. The first kappa shape index (κ1) is 14.7. The van der Waals surface area contributed by atoms with Crippen LogP contribution in [0.4, 0.5) is 0 Å². The summed E-state index contributed by atoms with van der Waals surface area (Å²) in [6.07, 6.45) is -0.769. The number of carbonyl (C=O) groups is 2. The van der Waals surface area contributed by atoms with E-state index in [-0.39, 0.29) is 12.8 Å². The molecular formula is C11H18O4Si. The third-order valence-corrected chi connectivity index (χ3v) is 2.40. The van der Waals surface area contributed by atoms with Crippen molar-refractivity contribution in [1.29, 1.82) is 0 Å². The average Bonchev–Trinajstić information content (AvgIpc) is 2.10. The molecule has 0 radical (unpaired) electrons. The molecule has 0 unspecified atom stereocenters. The second-order valence-electron chi connectivity index (χ2n) is 4.55. The lowest BCUT2D eigenvalue weighted by atomic mass is 10.3. The molecular weight excluding hydrogens is 224 g/mol. The smallest absolute Gasteiger partial charge is 0.307 e. The normalized spacial score (nSPS) is 12.2. The maximum Gasteiger partial charge on any atom is 0.307 e. The first-order valence-electron chi connectivity index (χ1n) is 5.14. The molecule has 0 saturated heterocycles. The van der Waals surface area contributed by atoms with Crippen molar-refractivity contribution in [2.45, 2.75) is 45.5 Å². The van der Waals surface area contributed by atoms with Crippen molar-refractivity contribution < 1.29 is 19.4 Å². The Morgan fingerprint density at radius 3 is 2.31 bits per heavy atom. The standard InChI is InChI=1S/C11H18O4Si/c1-9(7-8-16(2,3)4)15-11(14)6-5-10(12)13/h9H,5-6H2,1-4H3,(H,12,13)/t9-/m0/s1. The van der Waals surface area contributed by atoms with Gasteiger partial charge in [-0.1, -0.05) is 25.6 Å². The molecule has 0 aromatic heterocycles. The Bertz CT molecular complexity index is 319. The van der Waals surface area contributed by atoms with E-state index in [1.165, 1.54) is 0 Å². The third-order valence-electron chi connectivity index (χ3n) is 1.50. The summed E-state index contributed by atoms with van der Waals surface area (Å²) in [7, 11) is -1.45. The first-order chi connectivity index (χ1) is 7.20. The minimum Gasteiger partial charge on any atom is -0.481 e. The van der Waals surface area contributed by atoms with Gasteiger partial charge in [0.2, 0.25) is 0 Å². The second-order valence-corrected chi connectivity index (χ2v) is 9.30. The SMILES string of the molecule is C[C@@H](C#C[Si](C)(C)C)OC(=O)CCC(=O)O. The fourth-order valence-electron chi connectivity index (χ4n) is 0.813. The maximum atomic E-state index is 11.1. The van der Waals surface area contributed by atoms with E-state index in [4.69, 9.17) is 9.84 Å². The number of carbonyl (C=O) groups excluding carboxylic acids is 1. The van der Waals surface area contributed by atoms with Crippen LogP contribution in [-0.2, 0) is 14.3 Å². The summed E-state index contributed by atoms with van der Waals surface area (Å²) in [5, 5.41) is 8.38. The van der Waals surface area contributed by atoms with Crippen molar-refractivity contribution in [2.75, 3.05) is 0 Å². The van der Waals surface area contributed by atoms with E-state index < -0.39 is 26.1 Å². The molecule has 0 aromatic carbocycles. The zero-order valence-corrected chi connectivity index (χ0v) is 11.2. The Kier molecular flexibility index (Phi) is 5.82. The monoisotopic (exact) mass is 242 g/mol. The Morgan fingerprint density at radius 2 is 1.88 bits per heavy atom.